The molecule has 1 aromatic rings. The van der Waals surface area contributed by atoms with E-state index in [1.54, 1.807) is 19.1 Å². The molecule has 6 nitrogen and oxygen atoms in total. The predicted octanol–water partition coefficient (Wildman–Crippen LogP) is 1.48. The molecule has 1 N–H and O–H groups in total. The lowest BCUT2D eigenvalue weighted by atomic mass is 10.1. The van der Waals surface area contributed by atoms with Gasteiger partial charge in [-0.1, -0.05) is 12.1 Å². The van der Waals surface area contributed by atoms with Crippen LogP contribution in [0.15, 0.2) is 24.3 Å². The van der Waals surface area contributed by atoms with Gasteiger partial charge in [0.15, 0.2) is 0 Å². The van der Waals surface area contributed by atoms with Crippen molar-refractivity contribution in [3.63, 3.8) is 0 Å². The van der Waals surface area contributed by atoms with Gasteiger partial charge in [-0.2, -0.15) is 0 Å². The predicted molar refractivity (Wildman–Crippen MR) is 91.6 cm³/mol. The van der Waals surface area contributed by atoms with E-state index in [1.807, 2.05) is 9.80 Å². The first kappa shape index (κ1) is 17.8. The van der Waals surface area contributed by atoms with Gasteiger partial charge >= 0.3 is 0 Å². The topological polar surface area (TPSA) is 61.9 Å². The fraction of sp³-hybridized carbons (Fsp3) is 0.556. The Kier molecular flexibility index (Phi) is 5.65. The zero-order chi connectivity index (χ0) is 17.8. The lowest BCUT2D eigenvalue weighted by Crippen LogP contribution is -2.55. The zero-order valence-electron chi connectivity index (χ0n) is 14.4. The van der Waals surface area contributed by atoms with Gasteiger partial charge in [-0.3, -0.25) is 14.5 Å². The Morgan fingerprint density at radius 1 is 1.24 bits per heavy atom. The maximum absolute atomic E-state index is 13.7. The number of hydrogen-bond acceptors (Lipinski definition) is 4. The van der Waals surface area contributed by atoms with Crippen molar-refractivity contribution in [3.05, 3.63) is 30.1 Å². The summed E-state index contributed by atoms with van der Waals surface area (Å²) < 4.78 is 19.1. The van der Waals surface area contributed by atoms with Crippen LogP contribution < -0.4 is 5.32 Å². The third kappa shape index (κ3) is 4.16. The molecule has 0 bridgehead atoms. The number of nitrogens with zero attached hydrogens (tertiary/aromatic N) is 2. The Hall–Kier alpha value is -1.99. The highest BCUT2D eigenvalue weighted by Gasteiger charge is 2.32. The molecule has 3 rings (SSSR count). The largest absolute Gasteiger partial charge is 0.368 e. The van der Waals surface area contributed by atoms with Crippen molar-refractivity contribution in [2.75, 3.05) is 38.1 Å². The van der Waals surface area contributed by atoms with Crippen LogP contribution >= 0.6 is 0 Å². The summed E-state index contributed by atoms with van der Waals surface area (Å²) in [6.45, 7) is 4.85. The highest BCUT2D eigenvalue weighted by atomic mass is 19.1. The summed E-state index contributed by atoms with van der Waals surface area (Å²) in [4.78, 5) is 28.5. The molecular formula is C18H24FN3O3. The minimum atomic E-state index is -0.449. The molecule has 0 aromatic heterocycles. The van der Waals surface area contributed by atoms with Crippen LogP contribution in [0.1, 0.15) is 19.8 Å². The number of carbonyl (C=O) groups excluding carboxylic acids is 2. The second-order valence-corrected chi connectivity index (χ2v) is 6.51. The van der Waals surface area contributed by atoms with E-state index >= 15 is 0 Å². The van der Waals surface area contributed by atoms with Crippen molar-refractivity contribution in [2.24, 2.45) is 0 Å². The van der Waals surface area contributed by atoms with Crippen LogP contribution in [0.4, 0.5) is 10.1 Å². The summed E-state index contributed by atoms with van der Waals surface area (Å²) in [6, 6.07) is 5.73. The van der Waals surface area contributed by atoms with Crippen LogP contribution in [0.2, 0.25) is 0 Å². The monoisotopic (exact) mass is 349 g/mol. The smallest absolute Gasteiger partial charge is 0.251 e. The minimum Gasteiger partial charge on any atom is -0.368 e. The number of carbonyl (C=O) groups is 2. The Bertz CT molecular complexity index is 626. The van der Waals surface area contributed by atoms with Crippen molar-refractivity contribution >= 4 is 17.5 Å². The molecule has 2 aliphatic heterocycles. The first-order chi connectivity index (χ1) is 12.1. The Morgan fingerprint density at radius 2 is 1.96 bits per heavy atom. The second kappa shape index (κ2) is 7.93. The van der Waals surface area contributed by atoms with Crippen molar-refractivity contribution in [1.29, 1.82) is 0 Å². The summed E-state index contributed by atoms with van der Waals surface area (Å²) in [6.07, 6.45) is 1.43. The summed E-state index contributed by atoms with van der Waals surface area (Å²) in [5.41, 5.74) is 0.187. The third-order valence-corrected chi connectivity index (χ3v) is 4.89. The van der Waals surface area contributed by atoms with E-state index < -0.39 is 5.82 Å². The van der Waals surface area contributed by atoms with E-state index in [0.29, 0.717) is 32.8 Å². The number of amides is 2. The molecule has 2 aliphatic rings. The lowest BCUT2D eigenvalue weighted by Gasteiger charge is -2.38. The van der Waals surface area contributed by atoms with Gasteiger partial charge in [-0.25, -0.2) is 4.39 Å². The first-order valence-corrected chi connectivity index (χ1v) is 8.76. The average Bonchev–Trinajstić information content (AvgIpc) is 3.17. The molecule has 7 heteroatoms. The number of piperazine rings is 1. The van der Waals surface area contributed by atoms with E-state index in [-0.39, 0.29) is 29.6 Å². The van der Waals surface area contributed by atoms with Crippen molar-refractivity contribution in [3.8, 4) is 0 Å². The van der Waals surface area contributed by atoms with Crippen LogP contribution in [0.25, 0.3) is 0 Å². The SMILES string of the molecule is C[C@H](C(=O)Nc1ccccc1F)N1CCN(C(=O)[C@@H]2CCCO2)CC1. The maximum Gasteiger partial charge on any atom is 0.251 e. The minimum absolute atomic E-state index is 0.0561. The van der Waals surface area contributed by atoms with E-state index in [9.17, 15) is 14.0 Å². The van der Waals surface area contributed by atoms with Gasteiger partial charge in [0.2, 0.25) is 5.91 Å². The van der Waals surface area contributed by atoms with Crippen LogP contribution in [-0.4, -0.2) is 66.5 Å². The standard InChI is InChI=1S/C18H24FN3O3/c1-13(17(23)20-15-6-3-2-5-14(15)19)21-8-10-22(11-9-21)18(24)16-7-4-12-25-16/h2-3,5-6,13,16H,4,7-12H2,1H3,(H,20,23)/t13-,16+/m1/s1. The molecule has 2 fully saturated rings. The number of benzene rings is 1. The molecule has 136 valence electrons. The molecule has 2 amide bonds. The summed E-state index contributed by atoms with van der Waals surface area (Å²) in [5.74, 6) is -0.639. The van der Waals surface area contributed by atoms with Gasteiger partial charge in [0.1, 0.15) is 11.9 Å². The normalized spacial score (nSPS) is 22.6. The Labute approximate surface area is 146 Å². The molecule has 25 heavy (non-hydrogen) atoms. The molecule has 0 saturated carbocycles. The molecule has 0 spiro atoms. The van der Waals surface area contributed by atoms with Crippen LogP contribution in [0, 0.1) is 5.82 Å². The average molecular weight is 349 g/mol. The Morgan fingerprint density at radius 3 is 2.60 bits per heavy atom. The van der Waals surface area contributed by atoms with Gasteiger partial charge in [0.25, 0.3) is 5.91 Å². The highest BCUT2D eigenvalue weighted by molar-refractivity contribution is 5.94. The molecular weight excluding hydrogens is 325 g/mol. The van der Waals surface area contributed by atoms with Gasteiger partial charge in [0, 0.05) is 32.8 Å². The molecule has 0 aliphatic carbocycles. The second-order valence-electron chi connectivity index (χ2n) is 6.51. The summed E-state index contributed by atoms with van der Waals surface area (Å²) in [7, 11) is 0. The van der Waals surface area contributed by atoms with E-state index in [1.165, 1.54) is 12.1 Å². The lowest BCUT2D eigenvalue weighted by molar-refractivity contribution is -0.143. The maximum atomic E-state index is 13.7. The fourth-order valence-electron chi connectivity index (χ4n) is 3.27. The zero-order valence-corrected chi connectivity index (χ0v) is 14.4. The summed E-state index contributed by atoms with van der Waals surface area (Å²) >= 11 is 0. The number of nitrogens with one attached hydrogen (secondary N) is 1. The highest BCUT2D eigenvalue weighted by Crippen LogP contribution is 2.17. The number of para-hydroxylation sites is 1. The number of ether oxygens (including phenoxy) is 1. The summed E-state index contributed by atoms with van der Waals surface area (Å²) in [5, 5.41) is 2.63. The van der Waals surface area contributed by atoms with Crippen LogP contribution in [0.3, 0.4) is 0 Å². The van der Waals surface area contributed by atoms with Gasteiger partial charge < -0.3 is 15.0 Å². The van der Waals surface area contributed by atoms with Crippen molar-refractivity contribution in [2.45, 2.75) is 31.9 Å². The van der Waals surface area contributed by atoms with Crippen LogP contribution in [-0.2, 0) is 14.3 Å². The molecule has 0 radical (unpaired) electrons. The van der Waals surface area contributed by atoms with E-state index in [4.69, 9.17) is 4.74 Å². The molecule has 2 heterocycles. The van der Waals surface area contributed by atoms with Crippen molar-refractivity contribution in [1.82, 2.24) is 9.80 Å². The van der Waals surface area contributed by atoms with Gasteiger partial charge in [0.05, 0.1) is 11.7 Å². The van der Waals surface area contributed by atoms with Crippen molar-refractivity contribution < 1.29 is 18.7 Å². The molecule has 0 unspecified atom stereocenters. The quantitative estimate of drug-likeness (QED) is 0.894. The van der Waals surface area contributed by atoms with E-state index in [0.717, 1.165) is 12.8 Å². The third-order valence-electron chi connectivity index (χ3n) is 4.89. The number of hydrogen-bond donors (Lipinski definition) is 1. The molecule has 2 atom stereocenters. The fourth-order valence-corrected chi connectivity index (χ4v) is 3.27. The van der Waals surface area contributed by atoms with Gasteiger partial charge in [-0.05, 0) is 31.9 Å². The van der Waals surface area contributed by atoms with Gasteiger partial charge in [-0.15, -0.1) is 0 Å². The molecule has 1 aromatic carbocycles. The number of rotatable bonds is 4. The Balaban J connectivity index is 1.50. The first-order valence-electron chi connectivity index (χ1n) is 8.76. The number of halogens is 1. The van der Waals surface area contributed by atoms with Crippen LogP contribution in [0.5, 0.6) is 0 Å². The van der Waals surface area contributed by atoms with E-state index in [2.05, 4.69) is 5.32 Å². The molecule has 2 saturated heterocycles. The number of anilines is 1.